The number of rotatable bonds is 10. The van der Waals surface area contributed by atoms with Gasteiger partial charge in [0.1, 0.15) is 12.3 Å². The monoisotopic (exact) mass is 374 g/mol. The molecular weight excluding hydrogens is 328 g/mol. The Kier molecular flexibility index (Phi) is 2.88. The molecule has 2 rings (SSSR count). The third-order valence-electron chi connectivity index (χ3n) is 3.26. The lowest BCUT2D eigenvalue weighted by molar-refractivity contribution is 0.0976. The maximum absolute atomic E-state index is 10.8. The van der Waals surface area contributed by atoms with Crippen molar-refractivity contribution in [2.24, 2.45) is 0 Å². The molecule has 0 aliphatic heterocycles. The fourth-order valence-electron chi connectivity index (χ4n) is 1.78. The Morgan fingerprint density at radius 3 is 2.77 bits per heavy atom. The highest BCUT2D eigenvalue weighted by Crippen LogP contribution is 2.28. The van der Waals surface area contributed by atoms with Gasteiger partial charge in [-0.1, -0.05) is 18.5 Å². The van der Waals surface area contributed by atoms with Gasteiger partial charge in [-0.25, -0.2) is 0 Å². The first kappa shape index (κ1) is 7.43. The molecule has 0 aliphatic carbocycles. The SMILES string of the molecule is [2H]c1c([2H])c(OC([2H])([2H])C([2H])(O)C([2H])([2H])CC([2H])([2H])Cc2c([2H])c([2H])c(OC([2H])([2H])[2H])c(OC)c2[2H])c([2H])c(C)c1C. The van der Waals surface area contributed by atoms with Gasteiger partial charge in [-0.15, -0.1) is 0 Å². The summed E-state index contributed by atoms with van der Waals surface area (Å²) in [5, 5.41) is 10.8. The van der Waals surface area contributed by atoms with Crippen LogP contribution in [0.5, 0.6) is 17.2 Å². The molecule has 0 amide bonds. The molecule has 0 aliphatic rings. The van der Waals surface area contributed by atoms with Gasteiger partial charge in [0.05, 0.1) is 36.7 Å². The third-order valence-corrected chi connectivity index (χ3v) is 3.26. The van der Waals surface area contributed by atoms with E-state index in [1.165, 1.54) is 13.8 Å². The van der Waals surface area contributed by atoms with E-state index in [1.807, 2.05) is 0 Å². The first-order chi connectivity index (χ1) is 18.7. The van der Waals surface area contributed by atoms with Crippen molar-refractivity contribution in [3.8, 4) is 17.2 Å². The molecule has 26 heavy (non-hydrogen) atoms. The molecule has 142 valence electrons. The largest absolute Gasteiger partial charge is 0.493 e. The minimum Gasteiger partial charge on any atom is -0.493 e. The minimum absolute atomic E-state index is 0.145. The smallest absolute Gasteiger partial charge is 0.160 e. The maximum atomic E-state index is 10.8. The van der Waals surface area contributed by atoms with Gasteiger partial charge in [-0.2, -0.15) is 0 Å². The van der Waals surface area contributed by atoms with Crippen LogP contribution in [0.3, 0.4) is 0 Å². The number of hydrogen-bond acceptors (Lipinski definition) is 4. The van der Waals surface area contributed by atoms with Gasteiger partial charge in [0, 0.05) is 5.48 Å². The molecule has 1 unspecified atom stereocenters. The molecule has 1 atom stereocenters. The molecule has 4 heteroatoms. The van der Waals surface area contributed by atoms with Crippen molar-refractivity contribution in [1.82, 2.24) is 0 Å². The standard InChI is InChI=1S/C22H30O4/c1-16-9-11-20(13-17(16)2)26-15-19(23)8-6-5-7-18-10-12-21(24-3)22(14-18)25-4/h9-14,19,23H,5-8,15H2,1-4H3/i3D3,5D2,8D2,9D,10D,11D,12D,13D,14D,15D2,19D. The van der Waals surface area contributed by atoms with Crippen molar-refractivity contribution < 1.29 is 41.2 Å². The van der Waals surface area contributed by atoms with E-state index in [1.54, 1.807) is 0 Å². The van der Waals surface area contributed by atoms with Gasteiger partial charge in [-0.3, -0.25) is 0 Å². The predicted molar refractivity (Wildman–Crippen MR) is 105 cm³/mol. The Hall–Kier alpha value is -2.20. The molecule has 0 saturated heterocycles. The van der Waals surface area contributed by atoms with E-state index in [-0.39, 0.29) is 11.1 Å². The van der Waals surface area contributed by atoms with E-state index in [0.717, 1.165) is 7.11 Å². The fraction of sp³-hybridized carbons (Fsp3) is 0.455. The van der Waals surface area contributed by atoms with E-state index >= 15 is 0 Å². The average molecular weight is 375 g/mol. The van der Waals surface area contributed by atoms with Gasteiger partial charge >= 0.3 is 0 Å². The molecule has 0 aromatic heterocycles. The van der Waals surface area contributed by atoms with E-state index in [0.29, 0.717) is 0 Å². The molecule has 2 aromatic carbocycles. The first-order valence-corrected chi connectivity index (χ1v) is 7.57. The number of benzene rings is 2. The van der Waals surface area contributed by atoms with Crippen LogP contribution in [0.2, 0.25) is 0 Å². The highest BCUT2D eigenvalue weighted by Gasteiger charge is 2.07. The van der Waals surface area contributed by atoms with Crippen molar-refractivity contribution in [3.63, 3.8) is 0 Å². The van der Waals surface area contributed by atoms with Crippen LogP contribution >= 0.6 is 0 Å². The zero-order valence-electron chi connectivity index (χ0n) is 30.6. The van der Waals surface area contributed by atoms with Crippen LogP contribution in [-0.4, -0.2) is 31.9 Å². The topological polar surface area (TPSA) is 47.9 Å². The lowest BCUT2D eigenvalue weighted by atomic mass is 10.0. The van der Waals surface area contributed by atoms with Crippen LogP contribution in [0.4, 0.5) is 0 Å². The summed E-state index contributed by atoms with van der Waals surface area (Å²) in [5.41, 5.74) is -0.138. The number of aliphatic hydroxyl groups is 1. The Labute approximate surface area is 179 Å². The predicted octanol–water partition coefficient (Wildman–Crippen LogP) is 4.47. The second kappa shape index (κ2) is 10.1. The molecule has 1 N–H and O–H groups in total. The second-order valence-corrected chi connectivity index (χ2v) is 5.11. The molecule has 0 heterocycles. The van der Waals surface area contributed by atoms with Gasteiger partial charge in [-0.05, 0) is 73.9 Å². The summed E-state index contributed by atoms with van der Waals surface area (Å²) in [6, 6.07) is -4.09. The Bertz CT molecular complexity index is 1320. The van der Waals surface area contributed by atoms with Crippen molar-refractivity contribution in [1.29, 1.82) is 0 Å². The summed E-state index contributed by atoms with van der Waals surface area (Å²) in [5.74, 6) is -2.19. The fourth-order valence-corrected chi connectivity index (χ4v) is 1.78. The van der Waals surface area contributed by atoms with Gasteiger partial charge in [0.25, 0.3) is 0 Å². The summed E-state index contributed by atoms with van der Waals surface area (Å²) in [7, 11) is -2.05. The normalized spacial score (nSPS) is 24.2. The Morgan fingerprint density at radius 1 is 1.15 bits per heavy atom. The molecule has 0 spiro atoms. The quantitative estimate of drug-likeness (QED) is 0.666. The maximum Gasteiger partial charge on any atom is 0.160 e. The highest BCUT2D eigenvalue weighted by atomic mass is 16.5. The van der Waals surface area contributed by atoms with Gasteiger partial charge < -0.3 is 19.3 Å². The van der Waals surface area contributed by atoms with Crippen LogP contribution in [0.1, 0.15) is 57.8 Å². The van der Waals surface area contributed by atoms with Gasteiger partial charge in [0.2, 0.25) is 0 Å². The Morgan fingerprint density at radius 2 is 2.00 bits per heavy atom. The van der Waals surface area contributed by atoms with Crippen LogP contribution in [-0.2, 0) is 6.42 Å². The molecular formula is C22H30O4. The van der Waals surface area contributed by atoms with Crippen LogP contribution in [0.25, 0.3) is 0 Å². The zero-order valence-corrected chi connectivity index (χ0v) is 14.6. The summed E-state index contributed by atoms with van der Waals surface area (Å²) < 4.78 is 143. The molecule has 0 saturated carbocycles. The minimum atomic E-state index is -3.88. The second-order valence-electron chi connectivity index (χ2n) is 5.11. The van der Waals surface area contributed by atoms with Crippen LogP contribution in [0.15, 0.2) is 36.3 Å². The number of hydrogen-bond donors (Lipinski definition) is 1. The first-order valence-electron chi connectivity index (χ1n) is 15.6. The molecule has 4 nitrogen and oxygen atoms in total. The summed E-state index contributed by atoms with van der Waals surface area (Å²) in [6.45, 7) is -0.844. The zero-order chi connectivity index (χ0) is 33.0. The van der Waals surface area contributed by atoms with Crippen molar-refractivity contribution in [2.75, 3.05) is 20.7 Å². The lowest BCUT2D eigenvalue weighted by Gasteiger charge is -2.13. The van der Waals surface area contributed by atoms with Crippen molar-refractivity contribution >= 4 is 0 Å². The molecule has 0 radical (unpaired) electrons. The van der Waals surface area contributed by atoms with E-state index < -0.39 is 104 Å². The Balaban J connectivity index is 2.49. The molecule has 0 fully saturated rings. The summed E-state index contributed by atoms with van der Waals surface area (Å²) in [4.78, 5) is 0. The van der Waals surface area contributed by atoms with E-state index in [4.69, 9.17) is 36.1 Å². The third kappa shape index (κ3) is 5.95. The summed E-state index contributed by atoms with van der Waals surface area (Å²) >= 11 is 0. The lowest BCUT2D eigenvalue weighted by Crippen LogP contribution is -2.17. The summed E-state index contributed by atoms with van der Waals surface area (Å²) in [6.07, 6.45) is -12.6. The average Bonchev–Trinajstić information content (AvgIpc) is 2.84. The van der Waals surface area contributed by atoms with Crippen molar-refractivity contribution in [3.05, 3.63) is 52.9 Å². The van der Waals surface area contributed by atoms with Crippen molar-refractivity contribution in [2.45, 2.75) is 45.5 Å². The molecule has 2 aromatic rings. The van der Waals surface area contributed by atoms with Crippen LogP contribution in [0, 0.1) is 13.8 Å². The highest BCUT2D eigenvalue weighted by molar-refractivity contribution is 5.42. The van der Waals surface area contributed by atoms with Crippen LogP contribution < -0.4 is 14.2 Å². The van der Waals surface area contributed by atoms with E-state index in [2.05, 4.69) is 0 Å². The molecule has 0 bridgehead atoms. The van der Waals surface area contributed by atoms with E-state index in [9.17, 15) is 5.11 Å². The van der Waals surface area contributed by atoms with Gasteiger partial charge in [0.15, 0.2) is 11.5 Å². The number of ether oxygens (including phenoxy) is 3. The number of methoxy groups -OCH3 is 2.